The third kappa shape index (κ3) is 3.61. The predicted molar refractivity (Wildman–Crippen MR) is 93.1 cm³/mol. The van der Waals surface area contributed by atoms with E-state index in [1.54, 1.807) is 7.05 Å². The highest BCUT2D eigenvalue weighted by atomic mass is 19.3. The molecule has 142 valence electrons. The first-order valence-electron chi connectivity index (χ1n) is 8.31. The lowest BCUT2D eigenvalue weighted by Crippen LogP contribution is -2.41. The number of aromatic nitrogens is 2. The largest absolute Gasteiger partial charge is 0.404 e. The molecular formula is C16H22F2N6O2. The SMILES string of the molecule is CN=C1CN(CC2CC(F)(F)[C@H](n3ccc(N)nc3=O)O2)CCC1=CN. The van der Waals surface area contributed by atoms with Gasteiger partial charge in [0.2, 0.25) is 6.23 Å². The second-order valence-electron chi connectivity index (χ2n) is 6.47. The summed E-state index contributed by atoms with van der Waals surface area (Å²) in [5.41, 5.74) is 12.0. The molecule has 10 heteroatoms. The van der Waals surface area contributed by atoms with Gasteiger partial charge in [-0.2, -0.15) is 4.98 Å². The molecule has 0 radical (unpaired) electrons. The zero-order valence-electron chi connectivity index (χ0n) is 14.4. The van der Waals surface area contributed by atoms with Gasteiger partial charge < -0.3 is 16.2 Å². The lowest BCUT2D eigenvalue weighted by atomic mass is 10.0. The highest BCUT2D eigenvalue weighted by Gasteiger charge is 2.52. The number of hydrogen-bond acceptors (Lipinski definition) is 7. The highest BCUT2D eigenvalue weighted by Crippen LogP contribution is 2.42. The van der Waals surface area contributed by atoms with E-state index >= 15 is 0 Å². The van der Waals surface area contributed by atoms with Gasteiger partial charge in [0.05, 0.1) is 11.8 Å². The molecule has 2 fully saturated rings. The minimum atomic E-state index is -3.17. The van der Waals surface area contributed by atoms with E-state index in [1.165, 1.54) is 18.5 Å². The number of nitrogen functional groups attached to an aromatic ring is 1. The first kappa shape index (κ1) is 18.5. The third-order valence-electron chi connectivity index (χ3n) is 4.66. The molecule has 1 unspecified atom stereocenters. The molecule has 0 aromatic carbocycles. The Labute approximate surface area is 149 Å². The molecule has 2 aliphatic rings. The maximum absolute atomic E-state index is 14.4. The molecular weight excluding hydrogens is 346 g/mol. The van der Waals surface area contributed by atoms with Gasteiger partial charge in [-0.05, 0) is 24.3 Å². The van der Waals surface area contributed by atoms with Crippen LogP contribution < -0.4 is 17.2 Å². The molecule has 2 saturated heterocycles. The Hall–Kier alpha value is -2.33. The molecule has 2 atom stereocenters. The summed E-state index contributed by atoms with van der Waals surface area (Å²) in [5, 5.41) is 0. The van der Waals surface area contributed by atoms with Gasteiger partial charge in [0, 0.05) is 39.3 Å². The standard InChI is InChI=1S/C16H22F2N6O2/c1-21-12-9-23(4-2-10(12)7-19)8-11-6-16(17,18)14(26-11)24-5-3-13(20)22-15(24)25/h3,5,7,11,14H,2,4,6,8-9,19H2,1H3,(H2,20,22,25)/t11?,14-/m1/s1. The van der Waals surface area contributed by atoms with E-state index in [1.807, 2.05) is 4.90 Å². The van der Waals surface area contributed by atoms with Gasteiger partial charge in [-0.3, -0.25) is 14.5 Å². The number of anilines is 1. The molecule has 0 bridgehead atoms. The van der Waals surface area contributed by atoms with Crippen LogP contribution in [0.5, 0.6) is 0 Å². The average Bonchev–Trinajstić information content (AvgIpc) is 2.88. The molecule has 1 aromatic heterocycles. The predicted octanol–water partition coefficient (Wildman–Crippen LogP) is 0.367. The van der Waals surface area contributed by atoms with Crippen LogP contribution in [0, 0.1) is 0 Å². The number of nitrogens with zero attached hydrogens (tertiary/aromatic N) is 4. The van der Waals surface area contributed by atoms with Crippen LogP contribution in [0.3, 0.4) is 0 Å². The minimum Gasteiger partial charge on any atom is -0.404 e. The second kappa shape index (κ2) is 7.12. The van der Waals surface area contributed by atoms with Crippen LogP contribution in [0.15, 0.2) is 33.8 Å². The van der Waals surface area contributed by atoms with Gasteiger partial charge in [0.25, 0.3) is 5.92 Å². The fourth-order valence-corrected chi connectivity index (χ4v) is 3.37. The number of rotatable bonds is 3. The maximum atomic E-state index is 14.4. The van der Waals surface area contributed by atoms with Crippen LogP contribution in [0.4, 0.5) is 14.6 Å². The number of halogens is 2. The Balaban J connectivity index is 1.71. The number of aliphatic imine (C=N–C) groups is 1. The van der Waals surface area contributed by atoms with Crippen LogP contribution in [-0.4, -0.2) is 58.9 Å². The fraction of sp³-hybridized carbons (Fsp3) is 0.562. The lowest BCUT2D eigenvalue weighted by Gasteiger charge is -2.31. The van der Waals surface area contributed by atoms with E-state index in [0.717, 1.165) is 15.9 Å². The van der Waals surface area contributed by atoms with Crippen molar-refractivity contribution in [3.63, 3.8) is 0 Å². The molecule has 8 nitrogen and oxygen atoms in total. The van der Waals surface area contributed by atoms with Crippen molar-refractivity contribution in [3.05, 3.63) is 34.5 Å². The highest BCUT2D eigenvalue weighted by molar-refractivity contribution is 6.02. The molecule has 1 aromatic rings. The summed E-state index contributed by atoms with van der Waals surface area (Å²) in [6.45, 7) is 1.53. The van der Waals surface area contributed by atoms with Crippen LogP contribution in [0.2, 0.25) is 0 Å². The summed E-state index contributed by atoms with van der Waals surface area (Å²) in [6, 6.07) is 1.30. The van der Waals surface area contributed by atoms with Crippen molar-refractivity contribution < 1.29 is 13.5 Å². The van der Waals surface area contributed by atoms with Crippen molar-refractivity contribution >= 4 is 11.5 Å². The molecule has 0 aliphatic carbocycles. The maximum Gasteiger partial charge on any atom is 0.351 e. The minimum absolute atomic E-state index is 0.0208. The summed E-state index contributed by atoms with van der Waals surface area (Å²) < 4.78 is 35.2. The summed E-state index contributed by atoms with van der Waals surface area (Å²) in [4.78, 5) is 21.6. The summed E-state index contributed by atoms with van der Waals surface area (Å²) in [5.74, 6) is -3.20. The second-order valence-corrected chi connectivity index (χ2v) is 6.47. The van der Waals surface area contributed by atoms with Crippen molar-refractivity contribution in [3.8, 4) is 0 Å². The third-order valence-corrected chi connectivity index (χ3v) is 4.66. The average molecular weight is 368 g/mol. The van der Waals surface area contributed by atoms with E-state index in [2.05, 4.69) is 9.98 Å². The quantitative estimate of drug-likeness (QED) is 0.797. The van der Waals surface area contributed by atoms with Crippen molar-refractivity contribution in [1.29, 1.82) is 0 Å². The molecule has 26 heavy (non-hydrogen) atoms. The lowest BCUT2D eigenvalue weighted by molar-refractivity contribution is -0.118. The van der Waals surface area contributed by atoms with Crippen molar-refractivity contribution in [2.24, 2.45) is 10.7 Å². The van der Waals surface area contributed by atoms with Crippen LogP contribution in [-0.2, 0) is 4.74 Å². The fourth-order valence-electron chi connectivity index (χ4n) is 3.37. The monoisotopic (exact) mass is 368 g/mol. The van der Waals surface area contributed by atoms with Gasteiger partial charge in [0.1, 0.15) is 5.82 Å². The number of nitrogens with two attached hydrogens (primary N) is 2. The normalized spacial score (nSPS) is 29.5. The number of alkyl halides is 2. The van der Waals surface area contributed by atoms with Gasteiger partial charge in [-0.25, -0.2) is 13.6 Å². The zero-order valence-corrected chi connectivity index (χ0v) is 14.4. The first-order valence-corrected chi connectivity index (χ1v) is 8.31. The summed E-state index contributed by atoms with van der Waals surface area (Å²) in [6.07, 6.45) is 0.571. The number of piperidine rings is 1. The van der Waals surface area contributed by atoms with Gasteiger partial charge in [-0.15, -0.1) is 0 Å². The molecule has 0 spiro atoms. The van der Waals surface area contributed by atoms with Gasteiger partial charge in [-0.1, -0.05) is 0 Å². The number of likely N-dealkylation sites (tertiary alicyclic amines) is 1. The van der Waals surface area contributed by atoms with Crippen LogP contribution in [0.25, 0.3) is 0 Å². The Kier molecular flexibility index (Phi) is 5.05. The number of hydrogen-bond donors (Lipinski definition) is 2. The van der Waals surface area contributed by atoms with Crippen LogP contribution >= 0.6 is 0 Å². The zero-order chi connectivity index (χ0) is 18.9. The molecule has 0 saturated carbocycles. The van der Waals surface area contributed by atoms with Gasteiger partial charge in [0.15, 0.2) is 0 Å². The van der Waals surface area contributed by atoms with E-state index < -0.39 is 30.4 Å². The molecule has 0 amide bonds. The topological polar surface area (TPSA) is 112 Å². The molecule has 2 aliphatic heterocycles. The van der Waals surface area contributed by atoms with Crippen molar-refractivity contribution in [2.45, 2.75) is 31.1 Å². The van der Waals surface area contributed by atoms with Gasteiger partial charge >= 0.3 is 5.69 Å². The Morgan fingerprint density at radius 1 is 1.54 bits per heavy atom. The Morgan fingerprint density at radius 2 is 2.31 bits per heavy atom. The Bertz CT molecular complexity index is 791. The van der Waals surface area contributed by atoms with Crippen LogP contribution in [0.1, 0.15) is 19.1 Å². The van der Waals surface area contributed by atoms with Crippen molar-refractivity contribution in [1.82, 2.24) is 14.5 Å². The van der Waals surface area contributed by atoms with Crippen molar-refractivity contribution in [2.75, 3.05) is 32.4 Å². The Morgan fingerprint density at radius 3 is 2.96 bits per heavy atom. The van der Waals surface area contributed by atoms with E-state index in [-0.39, 0.29) is 5.82 Å². The molecule has 3 rings (SSSR count). The molecule has 4 N–H and O–H groups in total. The van der Waals surface area contributed by atoms with E-state index in [9.17, 15) is 13.6 Å². The first-order chi connectivity index (χ1) is 12.3. The smallest absolute Gasteiger partial charge is 0.351 e. The van der Waals surface area contributed by atoms with E-state index in [4.69, 9.17) is 16.2 Å². The number of ether oxygens (including phenoxy) is 1. The summed E-state index contributed by atoms with van der Waals surface area (Å²) >= 11 is 0. The van der Waals surface area contributed by atoms with E-state index in [0.29, 0.717) is 26.1 Å². The summed E-state index contributed by atoms with van der Waals surface area (Å²) in [7, 11) is 1.68. The molecule has 3 heterocycles.